The van der Waals surface area contributed by atoms with E-state index in [2.05, 4.69) is 11.1 Å². The number of carbonyl (C=O) groups is 1. The van der Waals surface area contributed by atoms with E-state index < -0.39 is 6.09 Å². The van der Waals surface area contributed by atoms with Gasteiger partial charge < -0.3 is 14.9 Å². The number of allylic oxidation sites excluding steroid dienone is 1. The van der Waals surface area contributed by atoms with E-state index in [1.165, 1.54) is 4.90 Å². The molecule has 2 heterocycles. The van der Waals surface area contributed by atoms with Crippen LogP contribution in [0.15, 0.2) is 16.8 Å². The van der Waals surface area contributed by atoms with Crippen LogP contribution in [-0.4, -0.2) is 58.6 Å². The van der Waals surface area contributed by atoms with Gasteiger partial charge in [-0.3, -0.25) is 4.99 Å². The third-order valence-corrected chi connectivity index (χ3v) is 5.39. The van der Waals surface area contributed by atoms with Gasteiger partial charge in [0.05, 0.1) is 11.3 Å². The molecule has 1 atom stereocenters. The Morgan fingerprint density at radius 3 is 2.70 bits per heavy atom. The molecule has 2 saturated heterocycles. The van der Waals surface area contributed by atoms with Crippen molar-refractivity contribution in [2.24, 2.45) is 10.9 Å². The molecule has 1 N–H and O–H groups in total. The van der Waals surface area contributed by atoms with Crippen LogP contribution < -0.4 is 0 Å². The summed E-state index contributed by atoms with van der Waals surface area (Å²) in [6, 6.07) is 2.10. The molecular weight excluding hydrogens is 276 g/mol. The average molecular weight is 294 g/mol. The molecule has 7 heteroatoms. The molecular formula is C13H18N4O2S. The molecule has 0 aliphatic carbocycles. The van der Waals surface area contributed by atoms with Gasteiger partial charge in [0.25, 0.3) is 0 Å². The topological polar surface area (TPSA) is 79.9 Å². The monoisotopic (exact) mass is 294 g/mol. The van der Waals surface area contributed by atoms with E-state index in [1.807, 2.05) is 11.9 Å². The van der Waals surface area contributed by atoms with Gasteiger partial charge in [0.15, 0.2) is 5.17 Å². The molecule has 0 aromatic carbocycles. The summed E-state index contributed by atoms with van der Waals surface area (Å²) in [6.45, 7) is 1.14. The van der Waals surface area contributed by atoms with Gasteiger partial charge in [-0.1, -0.05) is 11.8 Å². The minimum Gasteiger partial charge on any atom is -0.465 e. The van der Waals surface area contributed by atoms with Crippen molar-refractivity contribution in [2.45, 2.75) is 18.1 Å². The molecule has 0 aromatic rings. The molecule has 0 saturated carbocycles. The fraction of sp³-hybridized carbons (Fsp3) is 0.615. The fourth-order valence-electron chi connectivity index (χ4n) is 2.73. The Bertz CT molecular complexity index is 489. The summed E-state index contributed by atoms with van der Waals surface area (Å²) in [6.07, 6.45) is 2.40. The first-order valence-corrected chi connectivity index (χ1v) is 7.41. The average Bonchev–Trinajstić information content (AvgIpc) is 2.76. The van der Waals surface area contributed by atoms with Crippen molar-refractivity contribution in [3.8, 4) is 6.07 Å². The van der Waals surface area contributed by atoms with Crippen LogP contribution in [-0.2, 0) is 0 Å². The van der Waals surface area contributed by atoms with Crippen molar-refractivity contribution in [3.63, 3.8) is 0 Å². The predicted octanol–water partition coefficient (Wildman–Crippen LogP) is 1.82. The highest BCUT2D eigenvalue weighted by molar-refractivity contribution is 8.14. The smallest absolute Gasteiger partial charge is 0.407 e. The molecule has 2 rings (SSSR count). The lowest BCUT2D eigenvalue weighted by molar-refractivity contribution is 0.125. The van der Waals surface area contributed by atoms with E-state index >= 15 is 0 Å². The van der Waals surface area contributed by atoms with Crippen molar-refractivity contribution in [1.82, 2.24) is 9.80 Å². The van der Waals surface area contributed by atoms with E-state index in [0.29, 0.717) is 19.0 Å². The molecule has 0 aromatic heterocycles. The van der Waals surface area contributed by atoms with Crippen molar-refractivity contribution < 1.29 is 9.90 Å². The number of amidine groups is 1. The summed E-state index contributed by atoms with van der Waals surface area (Å²) in [5.74, 6) is 0.386. The lowest BCUT2D eigenvalue weighted by atomic mass is 9.91. The number of rotatable bonds is 1. The first-order valence-electron chi connectivity index (χ1n) is 6.53. The van der Waals surface area contributed by atoms with Crippen LogP contribution in [0.2, 0.25) is 0 Å². The number of hydrogen-bond donors (Lipinski definition) is 1. The highest BCUT2D eigenvalue weighted by Crippen LogP contribution is 2.41. The number of hydrogen-bond acceptors (Lipinski definition) is 4. The van der Waals surface area contributed by atoms with E-state index in [0.717, 1.165) is 23.7 Å². The third-order valence-electron chi connectivity index (χ3n) is 3.84. The van der Waals surface area contributed by atoms with Gasteiger partial charge in [-0.15, -0.1) is 0 Å². The first-order chi connectivity index (χ1) is 9.58. The molecule has 1 amide bonds. The fourth-order valence-corrected chi connectivity index (χ4v) is 4.14. The molecule has 0 radical (unpaired) electrons. The van der Waals surface area contributed by atoms with Gasteiger partial charge in [0.1, 0.15) is 0 Å². The van der Waals surface area contributed by atoms with Gasteiger partial charge in [-0.2, -0.15) is 5.26 Å². The normalized spacial score (nSPS) is 28.1. The van der Waals surface area contributed by atoms with Crippen LogP contribution in [0, 0.1) is 17.2 Å². The molecule has 2 aliphatic rings. The highest BCUT2D eigenvalue weighted by atomic mass is 32.2. The van der Waals surface area contributed by atoms with Gasteiger partial charge in [0.2, 0.25) is 0 Å². The van der Waals surface area contributed by atoms with Gasteiger partial charge in [-0.05, 0) is 18.8 Å². The number of nitriles is 1. The summed E-state index contributed by atoms with van der Waals surface area (Å²) in [5, 5.41) is 19.1. The third kappa shape index (κ3) is 2.75. The zero-order valence-corrected chi connectivity index (χ0v) is 12.4. The number of carboxylic acid groups (broad SMARTS) is 1. The number of piperidine rings is 1. The molecule has 0 bridgehead atoms. The quantitative estimate of drug-likeness (QED) is 0.746. The Hall–Kier alpha value is -1.68. The Balaban J connectivity index is 2.11. The van der Waals surface area contributed by atoms with Gasteiger partial charge in [-0.25, -0.2) is 4.79 Å². The largest absolute Gasteiger partial charge is 0.465 e. The Morgan fingerprint density at radius 2 is 2.20 bits per heavy atom. The van der Waals surface area contributed by atoms with E-state index in [-0.39, 0.29) is 5.25 Å². The summed E-state index contributed by atoms with van der Waals surface area (Å²) in [7, 11) is 3.67. The Kier molecular flexibility index (Phi) is 4.55. The molecule has 20 heavy (non-hydrogen) atoms. The Labute approximate surface area is 122 Å². The van der Waals surface area contributed by atoms with E-state index in [1.54, 1.807) is 24.9 Å². The van der Waals surface area contributed by atoms with Crippen molar-refractivity contribution in [1.29, 1.82) is 5.26 Å². The maximum Gasteiger partial charge on any atom is 0.407 e. The predicted molar refractivity (Wildman–Crippen MR) is 78.5 cm³/mol. The molecule has 108 valence electrons. The van der Waals surface area contributed by atoms with Crippen molar-refractivity contribution >= 4 is 23.0 Å². The number of thioether (sulfide) groups is 1. The lowest BCUT2D eigenvalue weighted by Gasteiger charge is -2.33. The maximum atomic E-state index is 10.9. The van der Waals surface area contributed by atoms with E-state index in [9.17, 15) is 4.79 Å². The van der Waals surface area contributed by atoms with Crippen LogP contribution in [0.3, 0.4) is 0 Å². The van der Waals surface area contributed by atoms with Crippen LogP contribution in [0.1, 0.15) is 12.8 Å². The number of nitrogens with zero attached hydrogens (tertiary/aromatic N) is 4. The van der Waals surface area contributed by atoms with Crippen LogP contribution in [0.25, 0.3) is 0 Å². The first kappa shape index (κ1) is 14.7. The number of amides is 1. The second kappa shape index (κ2) is 6.18. The minimum atomic E-state index is -0.844. The summed E-state index contributed by atoms with van der Waals surface area (Å²) >= 11 is 1.67. The summed E-state index contributed by atoms with van der Waals surface area (Å²) < 4.78 is 0. The number of aliphatic imine (C=N–C) groups is 1. The van der Waals surface area contributed by atoms with Crippen molar-refractivity contribution in [3.05, 3.63) is 11.8 Å². The standard InChI is InChI=1S/C13H18N4O2S/c1-15-12-16(2)10(3-6-14)11(20-12)9-4-7-17(8-5-9)13(18)19/h3,9,11H,4-5,7-8H2,1-2H3,(H,18,19)/b10-3+,15-12?. The van der Waals surface area contributed by atoms with Gasteiger partial charge in [0, 0.05) is 39.0 Å². The SMILES string of the molecule is CN=C1SC(C2CCN(C(=O)O)CC2)/C(=C\C#N)N1C. The van der Waals surface area contributed by atoms with Crippen LogP contribution in [0.5, 0.6) is 0 Å². The second-order valence-corrected chi connectivity index (χ2v) is 6.02. The van der Waals surface area contributed by atoms with Crippen LogP contribution in [0.4, 0.5) is 4.79 Å². The maximum absolute atomic E-state index is 10.9. The zero-order chi connectivity index (χ0) is 14.7. The molecule has 0 spiro atoms. The highest BCUT2D eigenvalue weighted by Gasteiger charge is 2.38. The zero-order valence-electron chi connectivity index (χ0n) is 11.6. The molecule has 2 aliphatic heterocycles. The molecule has 6 nitrogen and oxygen atoms in total. The van der Waals surface area contributed by atoms with Gasteiger partial charge >= 0.3 is 6.09 Å². The molecule has 1 unspecified atom stereocenters. The Morgan fingerprint density at radius 1 is 1.55 bits per heavy atom. The van der Waals surface area contributed by atoms with Crippen LogP contribution >= 0.6 is 11.8 Å². The van der Waals surface area contributed by atoms with Crippen molar-refractivity contribution in [2.75, 3.05) is 27.2 Å². The second-order valence-electron chi connectivity index (χ2n) is 4.91. The summed E-state index contributed by atoms with van der Waals surface area (Å²) in [4.78, 5) is 18.6. The minimum absolute atomic E-state index is 0.203. The molecule has 2 fully saturated rings. The number of likely N-dealkylation sites (tertiary alicyclic amines) is 1. The lowest BCUT2D eigenvalue weighted by Crippen LogP contribution is -2.40. The summed E-state index contributed by atoms with van der Waals surface area (Å²) in [5.41, 5.74) is 0.979. The van der Waals surface area contributed by atoms with E-state index in [4.69, 9.17) is 10.4 Å².